The lowest BCUT2D eigenvalue weighted by Gasteiger charge is -2.11. The fraction of sp³-hybridized carbons (Fsp3) is 0.778. The van der Waals surface area contributed by atoms with E-state index in [2.05, 4.69) is 11.0 Å². The topological polar surface area (TPSA) is 3.24 Å². The van der Waals surface area contributed by atoms with Crippen molar-refractivity contribution in [2.75, 3.05) is 19.0 Å². The summed E-state index contributed by atoms with van der Waals surface area (Å²) >= 11 is 5.64. The lowest BCUT2D eigenvalue weighted by molar-refractivity contribution is 0.327. The second-order valence-corrected chi connectivity index (χ2v) is 3.80. The van der Waals surface area contributed by atoms with E-state index in [0.717, 1.165) is 6.04 Å². The molecule has 0 bridgehead atoms. The van der Waals surface area contributed by atoms with Gasteiger partial charge in [0.05, 0.1) is 0 Å². The molecule has 2 fully saturated rings. The van der Waals surface area contributed by atoms with Crippen molar-refractivity contribution in [1.82, 2.24) is 4.90 Å². The van der Waals surface area contributed by atoms with Crippen molar-refractivity contribution < 1.29 is 0 Å². The van der Waals surface area contributed by atoms with E-state index in [-0.39, 0.29) is 0 Å². The average Bonchev–Trinajstić information content (AvgIpc) is 2.46. The Bertz CT molecular complexity index is 162. The Kier molecular flexibility index (Phi) is 2.19. The zero-order chi connectivity index (χ0) is 7.68. The van der Waals surface area contributed by atoms with Gasteiger partial charge in [0.2, 0.25) is 0 Å². The minimum Gasteiger partial charge on any atom is -0.296 e. The van der Waals surface area contributed by atoms with Gasteiger partial charge in [-0.25, -0.2) is 0 Å². The summed E-state index contributed by atoms with van der Waals surface area (Å²) in [6.07, 6.45) is 6.27. The lowest BCUT2D eigenvalue weighted by Crippen LogP contribution is -2.21. The first kappa shape index (κ1) is 7.63. The molecule has 2 heteroatoms. The molecule has 0 aliphatic carbocycles. The molecule has 1 unspecified atom stereocenters. The number of allylic oxidation sites excluding steroid dienone is 1. The van der Waals surface area contributed by atoms with Crippen LogP contribution < -0.4 is 0 Å². The van der Waals surface area contributed by atoms with Crippen LogP contribution in [-0.4, -0.2) is 29.9 Å². The fourth-order valence-electron chi connectivity index (χ4n) is 2.22. The number of rotatable bonds is 1. The van der Waals surface area contributed by atoms with Gasteiger partial charge in [-0.15, -0.1) is 11.6 Å². The number of alkyl halides is 1. The van der Waals surface area contributed by atoms with Crippen molar-refractivity contribution in [3.05, 3.63) is 11.6 Å². The third-order valence-electron chi connectivity index (χ3n) is 2.77. The number of nitrogens with zero attached hydrogens (tertiary/aromatic N) is 1. The molecule has 2 heterocycles. The molecular weight excluding hydrogens is 158 g/mol. The van der Waals surface area contributed by atoms with Crippen molar-refractivity contribution in [3.63, 3.8) is 0 Å². The summed E-state index contributed by atoms with van der Waals surface area (Å²) in [7, 11) is 0. The Morgan fingerprint density at radius 2 is 2.55 bits per heavy atom. The van der Waals surface area contributed by atoms with E-state index in [1.807, 2.05) is 0 Å². The summed E-state index contributed by atoms with van der Waals surface area (Å²) in [6, 6.07) is 0.865. The quantitative estimate of drug-likeness (QED) is 0.431. The molecular formula is C9H14ClN. The molecule has 1 nitrogen and oxygen atoms in total. The van der Waals surface area contributed by atoms with E-state index in [1.54, 1.807) is 5.57 Å². The summed E-state index contributed by atoms with van der Waals surface area (Å²) in [5, 5.41) is 0. The monoisotopic (exact) mass is 171 g/mol. The van der Waals surface area contributed by atoms with E-state index in [4.69, 9.17) is 11.6 Å². The van der Waals surface area contributed by atoms with E-state index in [1.165, 1.54) is 32.4 Å². The van der Waals surface area contributed by atoms with Gasteiger partial charge in [0.15, 0.2) is 0 Å². The van der Waals surface area contributed by atoms with Crippen LogP contribution in [0.5, 0.6) is 0 Å². The molecule has 2 rings (SSSR count). The maximum Gasteiger partial charge on any atom is 0.0407 e. The highest BCUT2D eigenvalue weighted by Gasteiger charge is 2.30. The molecule has 2 aliphatic heterocycles. The van der Waals surface area contributed by atoms with E-state index in [9.17, 15) is 0 Å². The summed E-state index contributed by atoms with van der Waals surface area (Å²) < 4.78 is 0. The predicted molar refractivity (Wildman–Crippen MR) is 48.0 cm³/mol. The van der Waals surface area contributed by atoms with Gasteiger partial charge in [0.1, 0.15) is 0 Å². The minimum absolute atomic E-state index is 0.690. The maximum atomic E-state index is 5.64. The molecule has 0 aromatic heterocycles. The van der Waals surface area contributed by atoms with E-state index in [0.29, 0.717) is 5.88 Å². The Hall–Kier alpha value is -0.0100. The summed E-state index contributed by atoms with van der Waals surface area (Å²) in [5.74, 6) is 0.690. The molecule has 0 aromatic carbocycles. The standard InChI is InChI=1S/C9H14ClN/c10-4-3-8-6-9-2-1-5-11(9)7-8/h3,9H,1-2,4-7H2/b8-3-. The van der Waals surface area contributed by atoms with Crippen LogP contribution in [0, 0.1) is 0 Å². The minimum atomic E-state index is 0.690. The molecule has 11 heavy (non-hydrogen) atoms. The van der Waals surface area contributed by atoms with Crippen LogP contribution in [0.4, 0.5) is 0 Å². The van der Waals surface area contributed by atoms with Crippen LogP contribution >= 0.6 is 11.6 Å². The highest BCUT2D eigenvalue weighted by Crippen LogP contribution is 2.30. The Balaban J connectivity index is 1.99. The van der Waals surface area contributed by atoms with Crippen molar-refractivity contribution in [2.24, 2.45) is 0 Å². The van der Waals surface area contributed by atoms with Gasteiger partial charge in [0, 0.05) is 18.5 Å². The molecule has 0 spiro atoms. The van der Waals surface area contributed by atoms with Crippen molar-refractivity contribution in [3.8, 4) is 0 Å². The third-order valence-corrected chi connectivity index (χ3v) is 2.92. The molecule has 0 amide bonds. The SMILES string of the molecule is ClC/C=C1/CC2CCCN2C1. The van der Waals surface area contributed by atoms with Gasteiger partial charge in [0.25, 0.3) is 0 Å². The van der Waals surface area contributed by atoms with Gasteiger partial charge in [-0.1, -0.05) is 11.6 Å². The second-order valence-electron chi connectivity index (χ2n) is 3.49. The number of hydrogen-bond donors (Lipinski definition) is 0. The van der Waals surface area contributed by atoms with Crippen molar-refractivity contribution in [2.45, 2.75) is 25.3 Å². The zero-order valence-corrected chi connectivity index (χ0v) is 7.48. The zero-order valence-electron chi connectivity index (χ0n) is 6.72. The molecule has 62 valence electrons. The van der Waals surface area contributed by atoms with E-state index >= 15 is 0 Å². The lowest BCUT2D eigenvalue weighted by atomic mass is 10.1. The molecule has 2 saturated heterocycles. The van der Waals surface area contributed by atoms with E-state index < -0.39 is 0 Å². The first-order valence-corrected chi connectivity index (χ1v) is 4.91. The average molecular weight is 172 g/mol. The predicted octanol–water partition coefficient (Wildman–Crippen LogP) is 2.02. The third kappa shape index (κ3) is 1.45. The summed E-state index contributed by atoms with van der Waals surface area (Å²) in [6.45, 7) is 2.50. The molecule has 1 atom stereocenters. The first-order valence-electron chi connectivity index (χ1n) is 4.38. The van der Waals surface area contributed by atoms with Gasteiger partial charge in [-0.05, 0) is 25.8 Å². The molecule has 0 radical (unpaired) electrons. The molecule has 0 aromatic rings. The van der Waals surface area contributed by atoms with Crippen LogP contribution in [0.25, 0.3) is 0 Å². The molecule has 2 aliphatic rings. The molecule has 0 saturated carbocycles. The summed E-state index contributed by atoms with van der Waals surface area (Å²) in [5.41, 5.74) is 1.56. The van der Waals surface area contributed by atoms with Crippen LogP contribution in [0.2, 0.25) is 0 Å². The fourth-order valence-corrected chi connectivity index (χ4v) is 2.44. The maximum absolute atomic E-state index is 5.64. The van der Waals surface area contributed by atoms with Crippen LogP contribution in [-0.2, 0) is 0 Å². The van der Waals surface area contributed by atoms with Gasteiger partial charge < -0.3 is 0 Å². The Morgan fingerprint density at radius 1 is 1.64 bits per heavy atom. The number of hydrogen-bond acceptors (Lipinski definition) is 1. The van der Waals surface area contributed by atoms with Crippen molar-refractivity contribution in [1.29, 1.82) is 0 Å². The second kappa shape index (κ2) is 3.16. The summed E-state index contributed by atoms with van der Waals surface area (Å²) in [4.78, 5) is 2.58. The normalized spacial score (nSPS) is 35.0. The number of fused-ring (bicyclic) bond motifs is 1. The van der Waals surface area contributed by atoms with Gasteiger partial charge in [-0.2, -0.15) is 0 Å². The van der Waals surface area contributed by atoms with Gasteiger partial charge >= 0.3 is 0 Å². The smallest absolute Gasteiger partial charge is 0.0407 e. The van der Waals surface area contributed by atoms with Crippen LogP contribution in [0.1, 0.15) is 19.3 Å². The first-order chi connectivity index (χ1) is 5.40. The Labute approximate surface area is 73.0 Å². The highest BCUT2D eigenvalue weighted by molar-refractivity contribution is 6.18. The van der Waals surface area contributed by atoms with Crippen LogP contribution in [0.3, 0.4) is 0 Å². The Morgan fingerprint density at radius 3 is 3.27 bits per heavy atom. The van der Waals surface area contributed by atoms with Gasteiger partial charge in [-0.3, -0.25) is 4.90 Å². The largest absolute Gasteiger partial charge is 0.296 e. The molecule has 0 N–H and O–H groups in total. The highest BCUT2D eigenvalue weighted by atomic mass is 35.5. The van der Waals surface area contributed by atoms with Crippen molar-refractivity contribution >= 4 is 11.6 Å². The van der Waals surface area contributed by atoms with Crippen LogP contribution in [0.15, 0.2) is 11.6 Å². The number of halogens is 1.